The van der Waals surface area contributed by atoms with Crippen LogP contribution in [0.1, 0.15) is 10.4 Å². The molecule has 7 heteroatoms. The molecular weight excluding hydrogens is 246 g/mol. The molecule has 17 heavy (non-hydrogen) atoms. The molecule has 0 atom stereocenters. The Balaban J connectivity index is 3.02. The number of carboxylic acid groups (broad SMARTS) is 1. The van der Waals surface area contributed by atoms with Gasteiger partial charge in [0.25, 0.3) is 0 Å². The number of benzene rings is 1. The van der Waals surface area contributed by atoms with E-state index in [2.05, 4.69) is 11.3 Å². The van der Waals surface area contributed by atoms with Gasteiger partial charge in [-0.15, -0.1) is 6.58 Å². The molecule has 0 spiro atoms. The number of aromatic hydroxyl groups is 1. The molecule has 3 N–H and O–H groups in total. The molecule has 0 amide bonds. The highest BCUT2D eigenvalue weighted by atomic mass is 32.2. The highest BCUT2D eigenvalue weighted by Crippen LogP contribution is 2.25. The minimum absolute atomic E-state index is 0.0724. The average Bonchev–Trinajstić information content (AvgIpc) is 2.20. The number of carbonyl (C=O) groups is 1. The smallest absolute Gasteiger partial charge is 0.335 e. The zero-order valence-electron chi connectivity index (χ0n) is 8.75. The van der Waals surface area contributed by atoms with Crippen molar-refractivity contribution in [3.05, 3.63) is 36.4 Å². The van der Waals surface area contributed by atoms with E-state index in [-0.39, 0.29) is 17.0 Å². The standard InChI is InChI=1S/C10H11NO5S/c1-2-5-17(15,16)11-8-4-3-7(10(13)14)6-9(8)12/h2-4,6,11-12H,1,5H2,(H,13,14). The first-order chi connectivity index (χ1) is 7.85. The number of hydrogen-bond donors (Lipinski definition) is 3. The van der Waals surface area contributed by atoms with Crippen molar-refractivity contribution < 1.29 is 23.4 Å². The van der Waals surface area contributed by atoms with Crippen LogP contribution in [0.5, 0.6) is 5.75 Å². The van der Waals surface area contributed by atoms with E-state index in [1.807, 2.05) is 0 Å². The van der Waals surface area contributed by atoms with Crippen molar-refractivity contribution in [2.45, 2.75) is 0 Å². The van der Waals surface area contributed by atoms with Crippen LogP contribution in [0.25, 0.3) is 0 Å². The fourth-order valence-corrected chi connectivity index (χ4v) is 2.02. The molecule has 0 fully saturated rings. The van der Waals surface area contributed by atoms with E-state index < -0.39 is 21.7 Å². The van der Waals surface area contributed by atoms with Crippen LogP contribution >= 0.6 is 0 Å². The molecule has 0 heterocycles. The van der Waals surface area contributed by atoms with Crippen LogP contribution in [0, 0.1) is 0 Å². The monoisotopic (exact) mass is 257 g/mol. The van der Waals surface area contributed by atoms with Crippen LogP contribution < -0.4 is 4.72 Å². The van der Waals surface area contributed by atoms with Crippen molar-refractivity contribution in [1.82, 2.24) is 0 Å². The predicted molar refractivity (Wildman–Crippen MR) is 62.7 cm³/mol. The lowest BCUT2D eigenvalue weighted by Crippen LogP contribution is -2.15. The average molecular weight is 257 g/mol. The van der Waals surface area contributed by atoms with E-state index in [4.69, 9.17) is 5.11 Å². The van der Waals surface area contributed by atoms with Crippen LogP contribution in [0.3, 0.4) is 0 Å². The van der Waals surface area contributed by atoms with Gasteiger partial charge in [0.15, 0.2) is 0 Å². The lowest BCUT2D eigenvalue weighted by Gasteiger charge is -2.08. The van der Waals surface area contributed by atoms with Gasteiger partial charge in [-0.1, -0.05) is 6.08 Å². The van der Waals surface area contributed by atoms with Gasteiger partial charge in [-0.25, -0.2) is 13.2 Å². The number of phenols is 1. The largest absolute Gasteiger partial charge is 0.506 e. The van der Waals surface area contributed by atoms with Gasteiger partial charge in [0.05, 0.1) is 17.0 Å². The third-order valence-corrected chi connectivity index (χ3v) is 3.05. The summed E-state index contributed by atoms with van der Waals surface area (Å²) in [4.78, 5) is 10.6. The molecule has 6 nitrogen and oxygen atoms in total. The highest BCUT2D eigenvalue weighted by molar-refractivity contribution is 7.92. The second-order valence-corrected chi connectivity index (χ2v) is 4.98. The molecule has 0 unspecified atom stereocenters. The van der Waals surface area contributed by atoms with Crippen LogP contribution in [-0.2, 0) is 10.0 Å². The molecule has 0 aliphatic heterocycles. The number of nitrogens with one attached hydrogen (secondary N) is 1. The van der Waals surface area contributed by atoms with Crippen molar-refractivity contribution >= 4 is 21.7 Å². The number of anilines is 1. The van der Waals surface area contributed by atoms with Crippen LogP contribution in [0.4, 0.5) is 5.69 Å². The molecule has 0 aromatic heterocycles. The number of rotatable bonds is 5. The van der Waals surface area contributed by atoms with Crippen molar-refractivity contribution in [3.63, 3.8) is 0 Å². The Labute approximate surface area is 98.3 Å². The fraction of sp³-hybridized carbons (Fsp3) is 0.100. The second kappa shape index (κ2) is 4.88. The molecule has 0 bridgehead atoms. The van der Waals surface area contributed by atoms with Crippen molar-refractivity contribution in [3.8, 4) is 5.75 Å². The lowest BCUT2D eigenvalue weighted by atomic mass is 10.2. The highest BCUT2D eigenvalue weighted by Gasteiger charge is 2.12. The first-order valence-corrected chi connectivity index (χ1v) is 6.18. The van der Waals surface area contributed by atoms with Crippen LogP contribution in [-0.4, -0.2) is 30.4 Å². The van der Waals surface area contributed by atoms with E-state index >= 15 is 0 Å². The van der Waals surface area contributed by atoms with Gasteiger partial charge >= 0.3 is 5.97 Å². The Hall–Kier alpha value is -2.02. The Morgan fingerprint density at radius 2 is 2.12 bits per heavy atom. The number of hydrogen-bond acceptors (Lipinski definition) is 4. The first-order valence-electron chi connectivity index (χ1n) is 4.53. The predicted octanol–water partition coefficient (Wildman–Crippen LogP) is 1.02. The first kappa shape index (κ1) is 13.0. The van der Waals surface area contributed by atoms with Gasteiger partial charge < -0.3 is 10.2 Å². The van der Waals surface area contributed by atoms with Gasteiger partial charge in [-0.3, -0.25) is 4.72 Å². The summed E-state index contributed by atoms with van der Waals surface area (Å²) in [5.41, 5.74) is -0.203. The quantitative estimate of drug-likeness (QED) is 0.539. The maximum absolute atomic E-state index is 11.4. The fourth-order valence-electron chi connectivity index (χ4n) is 1.12. The van der Waals surface area contributed by atoms with Crippen LogP contribution in [0.15, 0.2) is 30.9 Å². The molecule has 0 radical (unpaired) electrons. The van der Waals surface area contributed by atoms with Gasteiger partial charge in [0.1, 0.15) is 5.75 Å². The maximum Gasteiger partial charge on any atom is 0.335 e. The Morgan fingerprint density at radius 3 is 2.59 bits per heavy atom. The van der Waals surface area contributed by atoms with E-state index in [1.165, 1.54) is 18.2 Å². The summed E-state index contributed by atoms with van der Waals surface area (Å²) in [5, 5.41) is 18.1. The van der Waals surface area contributed by atoms with Gasteiger partial charge in [0.2, 0.25) is 10.0 Å². The summed E-state index contributed by atoms with van der Waals surface area (Å²) in [7, 11) is -3.62. The zero-order chi connectivity index (χ0) is 13.1. The van der Waals surface area contributed by atoms with Gasteiger partial charge in [-0.05, 0) is 18.2 Å². The molecule has 0 aliphatic carbocycles. The Kier molecular flexibility index (Phi) is 3.74. The Bertz CT molecular complexity index is 550. The SMILES string of the molecule is C=CCS(=O)(=O)Nc1ccc(C(=O)O)cc1O. The number of aromatic carboxylic acids is 1. The normalized spacial score (nSPS) is 10.8. The van der Waals surface area contributed by atoms with E-state index in [9.17, 15) is 18.3 Å². The second-order valence-electron chi connectivity index (χ2n) is 3.21. The summed E-state index contributed by atoms with van der Waals surface area (Å²) in [6, 6.07) is 3.33. The molecule has 0 saturated heterocycles. The third-order valence-electron chi connectivity index (χ3n) is 1.85. The molecule has 1 aromatic rings. The summed E-state index contributed by atoms with van der Waals surface area (Å²) in [5.74, 6) is -1.95. The van der Waals surface area contributed by atoms with E-state index in [0.29, 0.717) is 0 Å². The maximum atomic E-state index is 11.4. The molecule has 1 aromatic carbocycles. The summed E-state index contributed by atoms with van der Waals surface area (Å²) in [6.45, 7) is 3.29. The zero-order valence-corrected chi connectivity index (χ0v) is 9.57. The molecule has 1 rings (SSSR count). The minimum Gasteiger partial charge on any atom is -0.506 e. The van der Waals surface area contributed by atoms with E-state index in [1.54, 1.807) is 0 Å². The van der Waals surface area contributed by atoms with Crippen molar-refractivity contribution in [1.29, 1.82) is 0 Å². The molecule has 0 saturated carbocycles. The summed E-state index contributed by atoms with van der Waals surface area (Å²) < 4.78 is 24.8. The molecule has 0 aliphatic rings. The van der Waals surface area contributed by atoms with Crippen molar-refractivity contribution in [2.24, 2.45) is 0 Å². The topological polar surface area (TPSA) is 104 Å². The molecular formula is C10H11NO5S. The summed E-state index contributed by atoms with van der Waals surface area (Å²) in [6.07, 6.45) is 1.20. The number of carboxylic acids is 1. The summed E-state index contributed by atoms with van der Waals surface area (Å²) >= 11 is 0. The van der Waals surface area contributed by atoms with Gasteiger partial charge in [0, 0.05) is 0 Å². The molecule has 92 valence electrons. The number of phenolic OH excluding ortho intramolecular Hbond substituents is 1. The van der Waals surface area contributed by atoms with E-state index in [0.717, 1.165) is 6.07 Å². The lowest BCUT2D eigenvalue weighted by molar-refractivity contribution is 0.0696. The minimum atomic E-state index is -3.62. The number of sulfonamides is 1. The third kappa shape index (κ3) is 3.49. The Morgan fingerprint density at radius 1 is 1.47 bits per heavy atom. The van der Waals surface area contributed by atoms with Crippen LogP contribution in [0.2, 0.25) is 0 Å². The van der Waals surface area contributed by atoms with Gasteiger partial charge in [-0.2, -0.15) is 0 Å². The van der Waals surface area contributed by atoms with Crippen molar-refractivity contribution in [2.75, 3.05) is 10.5 Å².